The van der Waals surface area contributed by atoms with Crippen LogP contribution in [0, 0.1) is 0 Å². The fourth-order valence-electron chi connectivity index (χ4n) is 14.4. The van der Waals surface area contributed by atoms with Crippen molar-refractivity contribution in [2.24, 2.45) is 15.5 Å². The summed E-state index contributed by atoms with van der Waals surface area (Å²) in [6, 6.07) is 40.3. The second-order valence-corrected chi connectivity index (χ2v) is 28.5. The van der Waals surface area contributed by atoms with Crippen LogP contribution in [0.3, 0.4) is 0 Å². The summed E-state index contributed by atoms with van der Waals surface area (Å²) < 4.78 is 24.1. The van der Waals surface area contributed by atoms with Gasteiger partial charge >= 0.3 is 0 Å². The second-order valence-electron chi connectivity index (χ2n) is 28.1. The number of rotatable bonds is 20. The number of piperazine rings is 3. The lowest BCUT2D eigenvalue weighted by atomic mass is 10.1. The number of hydrogen-bond donors (Lipinski definition) is 0. The minimum Gasteiger partial charge on any atom is -0.490 e. The predicted octanol–water partition coefficient (Wildman–Crippen LogP) is 10.2. The summed E-state index contributed by atoms with van der Waals surface area (Å²) in [6.07, 6.45) is 6.82. The number of nitrogens with zero attached hydrogens (tertiary/aromatic N) is 12. The number of likely N-dealkylation sites (tertiary alicyclic amines) is 2. The van der Waals surface area contributed by atoms with Crippen LogP contribution in [0.4, 0.5) is 22.7 Å². The van der Waals surface area contributed by atoms with Gasteiger partial charge in [-0.05, 0) is 133 Å². The lowest BCUT2D eigenvalue weighted by molar-refractivity contribution is -0.126. The van der Waals surface area contributed by atoms with Crippen molar-refractivity contribution in [3.05, 3.63) is 132 Å². The average molecular weight is 1390 g/mol. The molecule has 0 aromatic heterocycles. The second kappa shape index (κ2) is 34.4. The van der Waals surface area contributed by atoms with E-state index < -0.39 is 0 Å². The van der Waals surface area contributed by atoms with E-state index in [1.165, 1.54) is 11.3 Å². The molecule has 5 saturated heterocycles. The van der Waals surface area contributed by atoms with Crippen molar-refractivity contribution in [2.45, 2.75) is 136 Å². The molecule has 2 unspecified atom stereocenters. The summed E-state index contributed by atoms with van der Waals surface area (Å²) in [7, 11) is 0. The van der Waals surface area contributed by atoms with Crippen LogP contribution >= 0.6 is 11.6 Å². The monoisotopic (exact) mass is 1390 g/mol. The fraction of sp³-hybridized carbons (Fsp3) is 0.532. The van der Waals surface area contributed by atoms with Gasteiger partial charge in [-0.25, -0.2) is 0 Å². The normalized spacial score (nSPS) is 21.3. The standard InChI is InChI=1S/C29H37ClN4O4.C26H32N4O3.C22H32N4O3/c1-21(2)36-28-6-4-3-5-27(28)33-17-15-32(16-18-33)20-25-19-26(31-38-25)29(35)34-13-11-24(12-14-34)37-23-9-7-22(30)8-10-23;1-19(2)32-25-10-6-5-9-24(25)29-15-13-28(14-16-29)18-21-17-22(27-33-21)26(31)30-12-11-20-7-3-4-8-23(20)30;1-17(2)28-21-8-4-3-7-20(21)25-13-11-24(12-14-25)16-18-15-19(23-29-18)22(27)26-9-5-6-10-26/h3-10,21,24-25H,11-20H2,1-2H3;3-10,19,21H,11-18H2,1-2H3;3-4,7-8,17-18H,5-6,9-16H2,1-2H3/t;21-;/m.0./s1. The number of amides is 3. The number of hydrogen-bond acceptors (Lipinski definition) is 19. The molecule has 536 valence electrons. The molecule has 3 atom stereocenters. The molecule has 5 aromatic carbocycles. The molecule has 0 radical (unpaired) electrons. The zero-order valence-corrected chi connectivity index (χ0v) is 60.0. The van der Waals surface area contributed by atoms with Gasteiger partial charge in [0.25, 0.3) is 17.7 Å². The van der Waals surface area contributed by atoms with E-state index in [0.29, 0.717) is 61.1 Å². The van der Waals surface area contributed by atoms with Gasteiger partial charge in [-0.3, -0.25) is 29.1 Å². The van der Waals surface area contributed by atoms with Crippen molar-refractivity contribution in [1.82, 2.24) is 24.5 Å². The van der Waals surface area contributed by atoms with Gasteiger partial charge in [0.1, 0.15) is 64.5 Å². The summed E-state index contributed by atoms with van der Waals surface area (Å²) in [5.41, 5.74) is 7.36. The van der Waals surface area contributed by atoms with Crippen LogP contribution in [0.15, 0.2) is 137 Å². The maximum atomic E-state index is 13.1. The highest BCUT2D eigenvalue weighted by molar-refractivity contribution is 6.44. The highest BCUT2D eigenvalue weighted by atomic mass is 35.5. The number of ether oxygens (including phenoxy) is 4. The van der Waals surface area contributed by atoms with Crippen LogP contribution in [0.25, 0.3) is 0 Å². The maximum Gasteiger partial charge on any atom is 0.276 e. The number of halogens is 1. The molecule has 5 aromatic rings. The number of benzene rings is 5. The summed E-state index contributed by atoms with van der Waals surface area (Å²) in [5, 5.41) is 13.1. The Morgan fingerprint density at radius 2 is 0.790 bits per heavy atom. The minimum atomic E-state index is -0.0807. The Labute approximate surface area is 595 Å². The summed E-state index contributed by atoms with van der Waals surface area (Å²) in [6.45, 7) is 29.7. The first-order valence-corrected chi connectivity index (χ1v) is 36.8. The molecule has 3 amide bonds. The van der Waals surface area contributed by atoms with Crippen molar-refractivity contribution < 1.29 is 47.8 Å². The summed E-state index contributed by atoms with van der Waals surface area (Å²) >= 11 is 5.95. The lowest BCUT2D eigenvalue weighted by Gasteiger charge is -2.37. The first-order valence-electron chi connectivity index (χ1n) is 36.4. The third kappa shape index (κ3) is 19.0. The molecule has 0 bridgehead atoms. The SMILES string of the molecule is CC(C)Oc1ccccc1N1CCN(CC2CC(C(=O)N3CCC(Oc4ccc(Cl)cc4)CC3)=NO2)CC1.CC(C)Oc1ccccc1N1CCN(CC2CC(C(=O)N3CCCC3)=NO2)CC1.CC(C)Oc1ccccc1N1CCN(C[C@@H]2CC(C(=O)N3CCc4ccccc43)=NO2)CC1. The Morgan fingerprint density at radius 3 is 1.19 bits per heavy atom. The zero-order chi connectivity index (χ0) is 69.5. The number of anilines is 4. The fourth-order valence-corrected chi connectivity index (χ4v) is 14.6. The Morgan fingerprint density at radius 1 is 0.430 bits per heavy atom. The van der Waals surface area contributed by atoms with Crippen LogP contribution in [0.1, 0.15) is 92.1 Å². The van der Waals surface area contributed by atoms with Gasteiger partial charge in [-0.2, -0.15) is 0 Å². The zero-order valence-electron chi connectivity index (χ0n) is 59.2. The van der Waals surface area contributed by atoms with Crippen molar-refractivity contribution in [2.75, 3.05) is 150 Å². The smallest absolute Gasteiger partial charge is 0.276 e. The van der Waals surface area contributed by atoms with Crippen molar-refractivity contribution in [1.29, 1.82) is 0 Å². The Hall–Kier alpha value is -8.31. The van der Waals surface area contributed by atoms with E-state index in [1.54, 1.807) is 0 Å². The molecule has 23 heteroatoms. The topological polar surface area (TPSA) is 182 Å². The average Bonchev–Trinajstić information content (AvgIpc) is 1.57. The van der Waals surface area contributed by atoms with Crippen LogP contribution in [0.2, 0.25) is 5.02 Å². The number of oxime groups is 3. The van der Waals surface area contributed by atoms with Gasteiger partial charge in [0.15, 0.2) is 0 Å². The molecule has 100 heavy (non-hydrogen) atoms. The van der Waals surface area contributed by atoms with Crippen LogP contribution in [0.5, 0.6) is 23.0 Å². The molecule has 22 nitrogen and oxygen atoms in total. The van der Waals surface area contributed by atoms with E-state index in [9.17, 15) is 14.4 Å². The largest absolute Gasteiger partial charge is 0.490 e. The molecule has 0 saturated carbocycles. The summed E-state index contributed by atoms with van der Waals surface area (Å²) in [4.78, 5) is 75.5. The molecule has 0 aliphatic carbocycles. The Bertz CT molecular complexity index is 3610. The first-order chi connectivity index (χ1) is 48.6. The Kier molecular flexibility index (Phi) is 24.6. The number of carbonyl (C=O) groups excluding carboxylic acids is 3. The molecule has 9 aliphatic heterocycles. The third-order valence-corrected chi connectivity index (χ3v) is 19.8. The number of fused-ring (bicyclic) bond motifs is 1. The predicted molar refractivity (Wildman–Crippen MR) is 393 cm³/mol. The number of para-hydroxylation sites is 7. The van der Waals surface area contributed by atoms with Gasteiger partial charge in [0.05, 0.1) is 35.4 Å². The highest BCUT2D eigenvalue weighted by Gasteiger charge is 2.37. The Balaban J connectivity index is 0.000000143. The van der Waals surface area contributed by atoms with Gasteiger partial charge in [0.2, 0.25) is 0 Å². The molecule has 5 fully saturated rings. The molecule has 14 rings (SSSR count). The van der Waals surface area contributed by atoms with E-state index in [1.807, 2.05) is 93.6 Å². The van der Waals surface area contributed by atoms with Crippen molar-refractivity contribution in [3.8, 4) is 23.0 Å². The lowest BCUT2D eigenvalue weighted by Crippen LogP contribution is -2.49. The van der Waals surface area contributed by atoms with Gasteiger partial charge in [0, 0.05) is 174 Å². The van der Waals surface area contributed by atoms with E-state index in [0.717, 1.165) is 183 Å². The van der Waals surface area contributed by atoms with Crippen molar-refractivity contribution >= 4 is 69.2 Å². The van der Waals surface area contributed by atoms with E-state index >= 15 is 0 Å². The van der Waals surface area contributed by atoms with Crippen LogP contribution in [-0.4, -0.2) is 233 Å². The highest BCUT2D eigenvalue weighted by Crippen LogP contribution is 2.35. The molecular formula is C77H101ClN12O10. The van der Waals surface area contributed by atoms with Gasteiger partial charge in [-0.15, -0.1) is 0 Å². The van der Waals surface area contributed by atoms with E-state index in [-0.39, 0.29) is 60.4 Å². The first kappa shape index (κ1) is 71.5. The molecule has 9 aliphatic rings. The van der Waals surface area contributed by atoms with Gasteiger partial charge < -0.3 is 62.9 Å². The molecular weight excluding hydrogens is 1290 g/mol. The quantitative estimate of drug-likeness (QED) is 0.0717. The van der Waals surface area contributed by atoms with Gasteiger partial charge in [-0.1, -0.05) is 81.7 Å². The van der Waals surface area contributed by atoms with Crippen LogP contribution < -0.4 is 38.5 Å². The van der Waals surface area contributed by atoms with Crippen LogP contribution in [-0.2, 0) is 35.3 Å². The minimum absolute atomic E-state index is 0.0102. The maximum absolute atomic E-state index is 13.1. The van der Waals surface area contributed by atoms with E-state index in [4.69, 9.17) is 45.1 Å². The molecule has 0 spiro atoms. The third-order valence-electron chi connectivity index (χ3n) is 19.5. The van der Waals surface area contributed by atoms with Crippen molar-refractivity contribution in [3.63, 3.8) is 0 Å². The molecule has 0 N–H and O–H groups in total. The molecule has 9 heterocycles. The summed E-state index contributed by atoms with van der Waals surface area (Å²) in [5.74, 6) is 3.68. The van der Waals surface area contributed by atoms with E-state index in [2.05, 4.69) is 129 Å². The number of carbonyl (C=O) groups is 3. The number of piperidine rings is 1.